The molecule has 19 heteroatoms. The molecule has 3 rings (SSSR count). The van der Waals surface area contributed by atoms with Crippen molar-refractivity contribution in [2.75, 3.05) is 26.4 Å². The van der Waals surface area contributed by atoms with E-state index in [1.54, 1.807) is 6.08 Å². The molecular formula is C79H135NO18. The van der Waals surface area contributed by atoms with Gasteiger partial charge in [0.25, 0.3) is 0 Å². The van der Waals surface area contributed by atoms with Gasteiger partial charge in [-0.15, -0.1) is 0 Å². The van der Waals surface area contributed by atoms with Gasteiger partial charge in [0.2, 0.25) is 5.91 Å². The summed E-state index contributed by atoms with van der Waals surface area (Å²) in [6, 6.07) is -1.03. The zero-order valence-corrected chi connectivity index (χ0v) is 60.0. The zero-order chi connectivity index (χ0) is 71.1. The Balaban J connectivity index is 1.42. The van der Waals surface area contributed by atoms with Crippen LogP contribution >= 0.6 is 0 Å². The van der Waals surface area contributed by atoms with Gasteiger partial charge in [0.05, 0.1) is 38.6 Å². The highest BCUT2D eigenvalue weighted by molar-refractivity contribution is 5.76. The molecule has 0 bridgehead atoms. The van der Waals surface area contributed by atoms with Gasteiger partial charge >= 0.3 is 0 Å². The van der Waals surface area contributed by atoms with Gasteiger partial charge in [-0.25, -0.2) is 0 Å². The molecule has 3 fully saturated rings. The van der Waals surface area contributed by atoms with Crippen LogP contribution in [0.25, 0.3) is 0 Å². The molecule has 17 atom stereocenters. The molecule has 3 heterocycles. The lowest BCUT2D eigenvalue weighted by atomic mass is 9.96. The van der Waals surface area contributed by atoms with Crippen LogP contribution in [0.1, 0.15) is 251 Å². The smallest absolute Gasteiger partial charge is 0.220 e. The van der Waals surface area contributed by atoms with E-state index in [2.05, 4.69) is 116 Å². The predicted octanol–water partition coefficient (Wildman–Crippen LogP) is 11.8. The fourth-order valence-corrected chi connectivity index (χ4v) is 12.2. The molecule has 17 unspecified atom stereocenters. The Kier molecular flexibility index (Phi) is 53.3. The summed E-state index contributed by atoms with van der Waals surface area (Å²) in [5, 5.41) is 121. The highest BCUT2D eigenvalue weighted by Crippen LogP contribution is 2.33. The number of unbranched alkanes of at least 4 members (excludes halogenated alkanes) is 26. The molecule has 3 aliphatic rings. The minimum absolute atomic E-state index is 0.170. The normalized spacial score (nSPS) is 27.4. The molecule has 0 spiro atoms. The molecule has 0 aliphatic carbocycles. The molecule has 3 saturated heterocycles. The van der Waals surface area contributed by atoms with E-state index in [4.69, 9.17) is 28.4 Å². The monoisotopic (exact) mass is 1390 g/mol. The first-order chi connectivity index (χ1) is 47.8. The number of aliphatic hydroxyl groups is 11. The van der Waals surface area contributed by atoms with Gasteiger partial charge in [0.1, 0.15) is 73.2 Å². The second-order valence-electron chi connectivity index (χ2n) is 26.7. The van der Waals surface area contributed by atoms with E-state index in [9.17, 15) is 61.0 Å². The minimum atomic E-state index is -1.99. The fraction of sp³-hybridized carbons (Fsp3) is 0.759. The Morgan fingerprint density at radius 3 is 1.14 bits per heavy atom. The summed E-state index contributed by atoms with van der Waals surface area (Å²) < 4.78 is 34.3. The lowest BCUT2D eigenvalue weighted by molar-refractivity contribution is -0.379. The van der Waals surface area contributed by atoms with Gasteiger partial charge in [0, 0.05) is 6.42 Å². The molecule has 0 radical (unpaired) electrons. The van der Waals surface area contributed by atoms with E-state index in [0.717, 1.165) is 77.0 Å². The molecule has 98 heavy (non-hydrogen) atoms. The summed E-state index contributed by atoms with van der Waals surface area (Å²) in [6.07, 6.45) is 53.7. The first-order valence-corrected chi connectivity index (χ1v) is 38.1. The number of carbonyl (C=O) groups excluding carboxylic acids is 1. The molecule has 3 aliphatic heterocycles. The van der Waals surface area contributed by atoms with E-state index < -0.39 is 131 Å². The predicted molar refractivity (Wildman–Crippen MR) is 387 cm³/mol. The van der Waals surface area contributed by atoms with Crippen LogP contribution in [-0.4, -0.2) is 193 Å². The van der Waals surface area contributed by atoms with Crippen LogP contribution in [0.15, 0.2) is 109 Å². The second-order valence-corrected chi connectivity index (χ2v) is 26.7. The van der Waals surface area contributed by atoms with Crippen molar-refractivity contribution in [3.8, 4) is 0 Å². The molecule has 564 valence electrons. The summed E-state index contributed by atoms with van der Waals surface area (Å²) in [5.74, 6) is -0.334. The van der Waals surface area contributed by atoms with Gasteiger partial charge in [-0.1, -0.05) is 258 Å². The molecule has 0 aromatic carbocycles. The van der Waals surface area contributed by atoms with Crippen molar-refractivity contribution in [1.82, 2.24) is 5.32 Å². The largest absolute Gasteiger partial charge is 0.394 e. The number of aliphatic hydroxyl groups excluding tert-OH is 11. The van der Waals surface area contributed by atoms with Crippen LogP contribution in [0.3, 0.4) is 0 Å². The maximum absolute atomic E-state index is 13.4. The standard InChI is InChI=1S/C79H135NO18/c1-3-5-7-9-11-13-15-17-19-21-23-25-26-27-28-29-30-31-32-33-34-35-37-38-40-42-44-46-48-50-52-54-56-63(84)62(80-67(85)57-55-53-51-49-47-45-43-41-39-36-24-22-20-18-16-14-12-10-8-6-4-2)61-93-77-73(91)70(88)75(65(59-82)95-77)98-79-74(92)71(89)76(66(60-83)96-79)97-78-72(90)69(87)68(86)64(58-81)94-78/h6,8,12,14,18,20,24,36,38,40-41,43,46-49,54,56,62-66,68-79,81-84,86-92H,3-5,7,9-11,13,15-17,19,21-23,25-35,37,39,42,44-45,50-53,55,57-61H2,1-2H3,(H,80,85)/b8-6-,14-12-,20-18-,36-24-,40-38+,43-41-,48-46+,49-47-,56-54+. The topological polar surface area (TPSA) is 307 Å². The third kappa shape index (κ3) is 39.2. The molecule has 1 amide bonds. The van der Waals surface area contributed by atoms with Crippen LogP contribution in [-0.2, 0) is 33.2 Å². The minimum Gasteiger partial charge on any atom is -0.394 e. The van der Waals surface area contributed by atoms with Crippen molar-refractivity contribution in [2.24, 2.45) is 0 Å². The Labute approximate surface area is 589 Å². The third-order valence-corrected chi connectivity index (χ3v) is 18.3. The van der Waals surface area contributed by atoms with Crippen molar-refractivity contribution in [3.63, 3.8) is 0 Å². The summed E-state index contributed by atoms with van der Waals surface area (Å²) >= 11 is 0. The molecule has 0 aromatic rings. The number of hydrogen-bond acceptors (Lipinski definition) is 18. The fourth-order valence-electron chi connectivity index (χ4n) is 12.2. The SMILES string of the molecule is CC/C=C\C/C=C\C/C=C\C/C=C\C/C=C\C/C=C\CCCCC(=O)NC(COC1OC(CO)C(OC2OC(CO)C(OC3OC(CO)C(O)C(O)C3O)C(O)C2O)C(O)C1O)C(O)/C=C/CC/C=C/CC/C=C/CCCCCCCCCCCCCCCCCCCCCCCC. The summed E-state index contributed by atoms with van der Waals surface area (Å²) in [5.41, 5.74) is 0. The van der Waals surface area contributed by atoms with Gasteiger partial charge in [-0.05, 0) is 96.3 Å². The Morgan fingerprint density at radius 1 is 0.378 bits per heavy atom. The number of hydrogen-bond donors (Lipinski definition) is 12. The van der Waals surface area contributed by atoms with Crippen LogP contribution in [0, 0.1) is 0 Å². The maximum Gasteiger partial charge on any atom is 0.220 e. The zero-order valence-electron chi connectivity index (χ0n) is 60.0. The van der Waals surface area contributed by atoms with Crippen molar-refractivity contribution in [1.29, 1.82) is 0 Å². The summed E-state index contributed by atoms with van der Waals surface area (Å²) in [7, 11) is 0. The summed E-state index contributed by atoms with van der Waals surface area (Å²) in [6.45, 7) is 1.57. The highest BCUT2D eigenvalue weighted by Gasteiger charge is 2.53. The van der Waals surface area contributed by atoms with E-state index in [1.165, 1.54) is 141 Å². The molecule has 19 nitrogen and oxygen atoms in total. The number of carbonyl (C=O) groups is 1. The van der Waals surface area contributed by atoms with Crippen LogP contribution in [0.5, 0.6) is 0 Å². The van der Waals surface area contributed by atoms with Crippen LogP contribution in [0.4, 0.5) is 0 Å². The van der Waals surface area contributed by atoms with Gasteiger partial charge in [-0.3, -0.25) is 4.79 Å². The Hall–Kier alpha value is -3.55. The van der Waals surface area contributed by atoms with Crippen LogP contribution < -0.4 is 5.32 Å². The van der Waals surface area contributed by atoms with Crippen molar-refractivity contribution in [2.45, 2.75) is 356 Å². The first kappa shape index (κ1) is 88.7. The lowest BCUT2D eigenvalue weighted by Crippen LogP contribution is -2.66. The Bertz CT molecular complexity index is 2200. The van der Waals surface area contributed by atoms with E-state index >= 15 is 0 Å². The third-order valence-electron chi connectivity index (χ3n) is 18.3. The molecule has 0 aromatic heterocycles. The van der Waals surface area contributed by atoms with E-state index in [1.807, 2.05) is 6.08 Å². The second kappa shape index (κ2) is 58.9. The number of amides is 1. The molecule has 12 N–H and O–H groups in total. The van der Waals surface area contributed by atoms with Crippen molar-refractivity contribution < 1.29 is 89.4 Å². The number of nitrogens with one attached hydrogen (secondary N) is 1. The van der Waals surface area contributed by atoms with E-state index in [-0.39, 0.29) is 12.3 Å². The Morgan fingerprint density at radius 2 is 0.714 bits per heavy atom. The highest BCUT2D eigenvalue weighted by atomic mass is 16.8. The van der Waals surface area contributed by atoms with Gasteiger partial charge in [0.15, 0.2) is 18.9 Å². The van der Waals surface area contributed by atoms with Crippen molar-refractivity contribution in [3.05, 3.63) is 109 Å². The first-order valence-electron chi connectivity index (χ1n) is 38.1. The van der Waals surface area contributed by atoms with Crippen molar-refractivity contribution >= 4 is 5.91 Å². The maximum atomic E-state index is 13.4. The van der Waals surface area contributed by atoms with Crippen LogP contribution in [0.2, 0.25) is 0 Å². The molecular weight excluding hydrogens is 1250 g/mol. The molecule has 0 saturated carbocycles. The van der Waals surface area contributed by atoms with Gasteiger partial charge < -0.3 is 89.9 Å². The number of rotatable bonds is 58. The average molecular weight is 1390 g/mol. The van der Waals surface area contributed by atoms with E-state index in [0.29, 0.717) is 12.8 Å². The lowest BCUT2D eigenvalue weighted by Gasteiger charge is -2.48. The average Bonchev–Trinajstić information content (AvgIpc) is 0.784. The van der Waals surface area contributed by atoms with Gasteiger partial charge in [-0.2, -0.15) is 0 Å². The summed E-state index contributed by atoms with van der Waals surface area (Å²) in [4.78, 5) is 13.4. The number of allylic oxidation sites excluding steroid dienone is 17. The number of ether oxygens (including phenoxy) is 6. The quantitative estimate of drug-likeness (QED) is 0.0199.